The lowest BCUT2D eigenvalue weighted by molar-refractivity contribution is -0.159. The first kappa shape index (κ1) is 37.4. The third-order valence-corrected chi connectivity index (χ3v) is 11.5. The largest absolute Gasteiger partial charge is 0.629 e. The van der Waals surface area contributed by atoms with E-state index in [-0.39, 0.29) is 16.8 Å². The number of unbranched alkanes of at least 4 members (excludes halogenated alkanes) is 3. The molecule has 0 aliphatic heterocycles. The molecule has 0 aromatic rings. The molecule has 3 nitrogen and oxygen atoms in total. The van der Waals surface area contributed by atoms with Gasteiger partial charge < -0.3 is 11.4 Å². The minimum Gasteiger partial charge on any atom is -0.629 e. The molecule has 0 spiro atoms. The number of hydrogen-bond acceptors (Lipinski definition) is 3. The molecule has 0 rings (SSSR count). The smallest absolute Gasteiger partial charge is 0.560 e. The maximum absolute atomic E-state index is 7.43. The lowest BCUT2D eigenvalue weighted by Gasteiger charge is -2.59. The monoisotopic (exact) mass is 541 g/mol. The molecule has 0 aliphatic carbocycles. The van der Waals surface area contributed by atoms with Gasteiger partial charge in [0.25, 0.3) is 0 Å². The predicted molar refractivity (Wildman–Crippen MR) is 165 cm³/mol. The van der Waals surface area contributed by atoms with Gasteiger partial charge in [-0.1, -0.05) is 142 Å². The van der Waals surface area contributed by atoms with E-state index in [0.717, 1.165) is 19.3 Å². The van der Waals surface area contributed by atoms with Crippen LogP contribution in [0.25, 0.3) is 0 Å². The predicted octanol–water partition coefficient (Wildman–Crippen LogP) is 10.7. The van der Waals surface area contributed by atoms with Crippen LogP contribution in [0.1, 0.15) is 162 Å². The summed E-state index contributed by atoms with van der Waals surface area (Å²) in [5.41, 5.74) is -0.703. The maximum atomic E-state index is 7.43. The summed E-state index contributed by atoms with van der Waals surface area (Å²) in [6, 6.07) is 0. The van der Waals surface area contributed by atoms with E-state index in [9.17, 15) is 0 Å². The van der Waals surface area contributed by atoms with E-state index in [1.165, 1.54) is 38.5 Å². The molecule has 0 atom stereocenters. The van der Waals surface area contributed by atoms with Gasteiger partial charge in [0.15, 0.2) is 0 Å². The van der Waals surface area contributed by atoms with Crippen molar-refractivity contribution in [2.45, 2.75) is 178 Å². The Morgan fingerprint density at radius 3 is 0.730 bits per heavy atom. The minimum absolute atomic E-state index is 0.234. The zero-order valence-corrected chi connectivity index (χ0v) is 29.3. The van der Waals surface area contributed by atoms with E-state index in [0.29, 0.717) is 35.5 Å². The van der Waals surface area contributed by atoms with Crippen LogP contribution in [-0.4, -0.2) is 32.0 Å². The zero-order valence-electron chi connectivity index (χ0n) is 28.1. The highest BCUT2D eigenvalue weighted by molar-refractivity contribution is 6.37. The van der Waals surface area contributed by atoms with Crippen LogP contribution in [0.2, 0.25) is 0 Å². The second-order valence-electron chi connectivity index (χ2n) is 13.7. The lowest BCUT2D eigenvalue weighted by Crippen LogP contribution is -2.58. The Kier molecular flexibility index (Phi) is 17.5. The Hall–Kier alpha value is 0.412. The van der Waals surface area contributed by atoms with Gasteiger partial charge in [-0.15, -0.1) is 0 Å². The van der Waals surface area contributed by atoms with Crippen molar-refractivity contribution < 1.29 is 11.4 Å². The fraction of sp³-hybridized carbons (Fsp3) is 1.00. The van der Waals surface area contributed by atoms with E-state index < -0.39 is 15.1 Å². The van der Waals surface area contributed by atoms with Crippen molar-refractivity contribution >= 4 is 15.1 Å². The van der Waals surface area contributed by atoms with Gasteiger partial charge in [-0.2, -0.15) is 0 Å². The molecule has 0 saturated carbocycles. The van der Waals surface area contributed by atoms with Crippen molar-refractivity contribution in [3.05, 3.63) is 0 Å². The molecule has 0 bridgehead atoms. The van der Waals surface area contributed by atoms with Gasteiger partial charge in [-0.25, -0.2) is 0 Å². The summed E-state index contributed by atoms with van der Waals surface area (Å²) in [6.07, 6.45) is 10.2. The fourth-order valence-electron chi connectivity index (χ4n) is 6.69. The lowest BCUT2D eigenvalue weighted by atomic mass is 9.77. The number of hydrogen-bond donors (Lipinski definition) is 0. The summed E-state index contributed by atoms with van der Waals surface area (Å²) in [5.74, 6) is 2.38. The van der Waals surface area contributed by atoms with Gasteiger partial charge in [-0.3, -0.25) is 0 Å². The second-order valence-corrected chi connectivity index (χ2v) is 15.0. The Morgan fingerprint density at radius 2 is 0.595 bits per heavy atom. The van der Waals surface area contributed by atoms with Crippen molar-refractivity contribution in [3.8, 4) is 0 Å². The van der Waals surface area contributed by atoms with E-state index >= 15 is 0 Å². The van der Waals surface area contributed by atoms with E-state index in [1.807, 2.05) is 0 Å². The van der Waals surface area contributed by atoms with E-state index in [2.05, 4.69) is 104 Å². The molecule has 0 aromatic heterocycles. The molecule has 4 heteroatoms. The summed E-state index contributed by atoms with van der Waals surface area (Å²) in [7, 11) is 0. The standard InChI is InChI=1S/3C11H23O.Al/c3*1-6-7-8-11(12,9(2)3)10(4)5;/h3*9-10H,6-8H2,1-5H3;/q3*-1;+2. The molecule has 0 amide bonds. The third kappa shape index (κ3) is 9.78. The first-order valence-electron chi connectivity index (χ1n) is 16.2. The Bertz CT molecular complexity index is 477. The van der Waals surface area contributed by atoms with Crippen LogP contribution < -0.4 is 0 Å². The van der Waals surface area contributed by atoms with E-state index in [1.54, 1.807) is 0 Å². The SMILES string of the molecule is CCCCC([O][Al-]([O]C(CCCC)(C(C)C)C(C)C)[O]C(CCCC)(C(C)C)C(C)C)(C(C)C)C(C)C. The summed E-state index contributed by atoms with van der Waals surface area (Å²) < 4.78 is 22.3. The summed E-state index contributed by atoms with van der Waals surface area (Å²) in [6.45, 7) is 34.9. The van der Waals surface area contributed by atoms with Crippen molar-refractivity contribution in [2.75, 3.05) is 0 Å². The van der Waals surface area contributed by atoms with Crippen LogP contribution in [0.15, 0.2) is 0 Å². The van der Waals surface area contributed by atoms with E-state index in [4.69, 9.17) is 11.4 Å². The van der Waals surface area contributed by atoms with Crippen molar-refractivity contribution in [1.82, 2.24) is 0 Å². The highest BCUT2D eigenvalue weighted by Crippen LogP contribution is 2.44. The molecular weight excluding hydrogens is 471 g/mol. The fourth-order valence-corrected chi connectivity index (χ4v) is 9.90. The first-order valence-corrected chi connectivity index (χ1v) is 17.6. The molecule has 0 heterocycles. The molecule has 0 aromatic carbocycles. The van der Waals surface area contributed by atoms with Crippen molar-refractivity contribution in [1.29, 1.82) is 0 Å². The molecular formula is C33H69AlO3-. The molecule has 0 unspecified atom stereocenters. The van der Waals surface area contributed by atoms with Crippen LogP contribution >= 0.6 is 0 Å². The molecule has 0 saturated heterocycles. The Labute approximate surface area is 240 Å². The van der Waals surface area contributed by atoms with Crippen LogP contribution in [0.3, 0.4) is 0 Å². The summed E-state index contributed by atoms with van der Waals surface area (Å²) >= 11 is -2.57. The van der Waals surface area contributed by atoms with Gasteiger partial charge in [0, 0.05) is 16.8 Å². The highest BCUT2D eigenvalue weighted by atomic mass is 27.3. The molecule has 1 radical (unpaired) electrons. The average Bonchev–Trinajstić information content (AvgIpc) is 2.80. The summed E-state index contributed by atoms with van der Waals surface area (Å²) in [4.78, 5) is 0. The minimum atomic E-state index is -2.57. The molecule has 223 valence electrons. The van der Waals surface area contributed by atoms with Gasteiger partial charge >= 0.3 is 15.1 Å². The highest BCUT2D eigenvalue weighted by Gasteiger charge is 2.45. The molecule has 0 aliphatic rings. The average molecular weight is 541 g/mol. The van der Waals surface area contributed by atoms with Gasteiger partial charge in [0.1, 0.15) is 0 Å². The first-order chi connectivity index (χ1) is 17.1. The molecule has 37 heavy (non-hydrogen) atoms. The van der Waals surface area contributed by atoms with Gasteiger partial charge in [0.2, 0.25) is 0 Å². The zero-order chi connectivity index (χ0) is 29.0. The molecule has 0 N–H and O–H groups in total. The Morgan fingerprint density at radius 1 is 0.405 bits per heavy atom. The van der Waals surface area contributed by atoms with Crippen molar-refractivity contribution in [2.24, 2.45) is 35.5 Å². The molecule has 0 fully saturated rings. The van der Waals surface area contributed by atoms with Crippen LogP contribution in [-0.2, 0) is 11.4 Å². The van der Waals surface area contributed by atoms with Gasteiger partial charge in [0.05, 0.1) is 0 Å². The Balaban J connectivity index is 6.93. The number of rotatable bonds is 21. The topological polar surface area (TPSA) is 27.7 Å². The van der Waals surface area contributed by atoms with Crippen LogP contribution in [0.4, 0.5) is 0 Å². The summed E-state index contributed by atoms with van der Waals surface area (Å²) in [5, 5.41) is 0. The quantitative estimate of drug-likeness (QED) is 0.135. The van der Waals surface area contributed by atoms with Crippen molar-refractivity contribution in [3.63, 3.8) is 0 Å². The second kappa shape index (κ2) is 17.3. The third-order valence-electron chi connectivity index (χ3n) is 9.57. The van der Waals surface area contributed by atoms with Crippen LogP contribution in [0, 0.1) is 35.5 Å². The van der Waals surface area contributed by atoms with Gasteiger partial charge in [-0.05, 0) is 54.8 Å². The van der Waals surface area contributed by atoms with Crippen LogP contribution in [0.5, 0.6) is 0 Å². The maximum Gasteiger partial charge on any atom is 0.560 e. The normalized spacial score (nSPS) is 14.1.